The van der Waals surface area contributed by atoms with Gasteiger partial charge in [0.25, 0.3) is 0 Å². The van der Waals surface area contributed by atoms with E-state index < -0.39 is 0 Å². The van der Waals surface area contributed by atoms with Crippen LogP contribution in [0.15, 0.2) is 47.2 Å². The number of nitrogens with zero attached hydrogens (tertiary/aromatic N) is 1. The summed E-state index contributed by atoms with van der Waals surface area (Å²) in [5.41, 5.74) is 2.31. The molecule has 0 spiro atoms. The van der Waals surface area contributed by atoms with Crippen LogP contribution in [0.25, 0.3) is 0 Å². The summed E-state index contributed by atoms with van der Waals surface area (Å²) in [4.78, 5) is 2.02. The normalized spacial score (nSPS) is 26.6. The molecule has 0 radical (unpaired) electrons. The number of aliphatic hydroxyl groups is 2. The molecule has 0 aromatic carbocycles. The first-order valence-corrected chi connectivity index (χ1v) is 5.22. The van der Waals surface area contributed by atoms with Crippen molar-refractivity contribution in [3.63, 3.8) is 0 Å². The molecule has 1 aliphatic carbocycles. The standard InChI is InChI=1S/C12H13NO3/c1-13-4-3-8-5-10-12(16-7-15-10)11(14-2)9(8)6-13/h3-6,11H,7H2,1-2H3/p+1. The first-order chi connectivity index (χ1) is 7.79. The second kappa shape index (κ2) is 3.42. The lowest BCUT2D eigenvalue weighted by molar-refractivity contribution is -0.0490. The summed E-state index contributed by atoms with van der Waals surface area (Å²) < 4.78 is 15.3. The van der Waals surface area contributed by atoms with Crippen molar-refractivity contribution in [2.75, 3.05) is 21.0 Å². The van der Waals surface area contributed by atoms with Crippen LogP contribution in [-0.2, 0) is 9.47 Å². The maximum atomic E-state index is 5.48. The molecular weight excluding hydrogens is 206 g/mol. The quantitative estimate of drug-likeness (QED) is 0.619. The van der Waals surface area contributed by atoms with Crippen LogP contribution in [0.3, 0.4) is 0 Å². The molecule has 4 nitrogen and oxygen atoms in total. The number of allylic oxidation sites excluding steroid dienone is 2. The second-order valence-corrected chi connectivity index (χ2v) is 3.96. The van der Waals surface area contributed by atoms with Gasteiger partial charge in [-0.3, -0.25) is 0 Å². The fourth-order valence-electron chi connectivity index (χ4n) is 2.15. The van der Waals surface area contributed by atoms with Crippen molar-refractivity contribution < 1.29 is 14.2 Å². The summed E-state index contributed by atoms with van der Waals surface area (Å²) >= 11 is 0. The van der Waals surface area contributed by atoms with E-state index in [0.717, 1.165) is 22.7 Å². The van der Waals surface area contributed by atoms with Crippen molar-refractivity contribution in [1.29, 1.82) is 0 Å². The van der Waals surface area contributed by atoms with Crippen LogP contribution in [0, 0.1) is 0 Å². The molecule has 0 saturated heterocycles. The van der Waals surface area contributed by atoms with E-state index in [4.69, 9.17) is 9.47 Å². The Morgan fingerprint density at radius 2 is 2.31 bits per heavy atom. The molecular formula is C12H14NO3+. The lowest BCUT2D eigenvalue weighted by Gasteiger charge is -2.25. The highest BCUT2D eigenvalue weighted by Gasteiger charge is 2.38. The van der Waals surface area contributed by atoms with Gasteiger partial charge in [-0.15, -0.1) is 0 Å². The van der Waals surface area contributed by atoms with Gasteiger partial charge in [0, 0.05) is 19.4 Å². The predicted octanol–water partition coefficient (Wildman–Crippen LogP) is 1.01. The fourth-order valence-corrected chi connectivity index (χ4v) is 2.15. The minimum absolute atomic E-state index is 0.0371. The molecule has 1 unspecified atom stereocenters. The van der Waals surface area contributed by atoms with Gasteiger partial charge in [-0.2, -0.15) is 0 Å². The summed E-state index contributed by atoms with van der Waals surface area (Å²) in [6.07, 6.45) is 8.14. The first kappa shape index (κ1) is 9.54. The Labute approximate surface area is 94.1 Å². The number of fused-ring (bicyclic) bond motifs is 1. The van der Waals surface area contributed by atoms with Crippen molar-refractivity contribution in [2.24, 2.45) is 0 Å². The summed E-state index contributed by atoms with van der Waals surface area (Å²) in [7, 11) is 3.81. The second-order valence-electron chi connectivity index (χ2n) is 3.96. The molecule has 2 heterocycles. The van der Waals surface area contributed by atoms with E-state index >= 15 is 0 Å². The van der Waals surface area contributed by atoms with E-state index in [1.165, 1.54) is 0 Å². The van der Waals surface area contributed by atoms with Crippen molar-refractivity contribution >= 4 is 0 Å². The molecule has 1 atom stereocenters. The van der Waals surface area contributed by atoms with Crippen LogP contribution in [0.2, 0.25) is 0 Å². The van der Waals surface area contributed by atoms with E-state index in [1.54, 1.807) is 7.11 Å². The highest BCUT2D eigenvalue weighted by molar-refractivity contribution is 5.54. The fraction of sp³-hybridized carbons (Fsp3) is 0.333. The Hall–Kier alpha value is -1.68. The van der Waals surface area contributed by atoms with Gasteiger partial charge in [0.15, 0.2) is 5.76 Å². The molecule has 16 heavy (non-hydrogen) atoms. The van der Waals surface area contributed by atoms with Gasteiger partial charge in [0.2, 0.25) is 18.7 Å². The molecule has 3 aliphatic rings. The van der Waals surface area contributed by atoms with E-state index in [1.807, 2.05) is 24.2 Å². The Morgan fingerprint density at radius 1 is 1.44 bits per heavy atom. The third kappa shape index (κ3) is 1.27. The number of hydrogen-bond acceptors (Lipinski definition) is 3. The Morgan fingerprint density at radius 3 is 3.12 bits per heavy atom. The lowest BCUT2D eigenvalue weighted by Crippen LogP contribution is -2.27. The van der Waals surface area contributed by atoms with Gasteiger partial charge in [-0.1, -0.05) is 0 Å². The highest BCUT2D eigenvalue weighted by atomic mass is 16.7. The van der Waals surface area contributed by atoms with Gasteiger partial charge in [-0.05, 0) is 17.7 Å². The van der Waals surface area contributed by atoms with E-state index in [-0.39, 0.29) is 6.10 Å². The van der Waals surface area contributed by atoms with Crippen LogP contribution < -0.4 is 0 Å². The molecule has 0 amide bonds. The zero-order chi connectivity index (χ0) is 11.1. The van der Waals surface area contributed by atoms with Crippen LogP contribution in [0.1, 0.15) is 0 Å². The molecule has 3 rings (SSSR count). The summed E-state index contributed by atoms with van der Waals surface area (Å²) in [6, 6.07) is 0. The zero-order valence-corrected chi connectivity index (χ0v) is 9.30. The zero-order valence-electron chi connectivity index (χ0n) is 9.30. The minimum Gasteiger partial charge on any atom is -0.454 e. The summed E-state index contributed by atoms with van der Waals surface area (Å²) in [5, 5.41) is 0. The maximum absolute atomic E-state index is 5.48. The van der Waals surface area contributed by atoms with Gasteiger partial charge in [-0.25, -0.2) is 0 Å². The lowest BCUT2D eigenvalue weighted by atomic mass is 9.92. The Bertz CT molecular complexity index is 445. The van der Waals surface area contributed by atoms with Gasteiger partial charge < -0.3 is 19.1 Å². The van der Waals surface area contributed by atoms with Crippen molar-refractivity contribution in [1.82, 2.24) is 4.90 Å². The summed E-state index contributed by atoms with van der Waals surface area (Å²) in [5.74, 6) is 1.65. The van der Waals surface area contributed by atoms with E-state index in [0.29, 0.717) is 6.79 Å². The number of ether oxygens (including phenoxy) is 3. The monoisotopic (exact) mass is 220 g/mol. The molecule has 0 fully saturated rings. The number of rotatable bonds is 1. The molecule has 0 bridgehead atoms. The molecule has 4 heteroatoms. The molecule has 84 valence electrons. The molecule has 0 aromatic rings. The third-order valence-electron chi connectivity index (χ3n) is 2.92. The predicted molar refractivity (Wildman–Crippen MR) is 59.1 cm³/mol. The molecule has 1 N–H and O–H groups in total. The molecule has 0 aromatic heterocycles. The Kier molecular flexibility index (Phi) is 2.04. The number of hydrogen-bond donors (Lipinski definition) is 0. The summed E-state index contributed by atoms with van der Waals surface area (Å²) in [6.45, 7) is 0.299. The van der Waals surface area contributed by atoms with Crippen molar-refractivity contribution in [3.8, 4) is 0 Å². The van der Waals surface area contributed by atoms with Gasteiger partial charge in [0.05, 0.1) is 5.57 Å². The van der Waals surface area contributed by atoms with Crippen molar-refractivity contribution in [2.45, 2.75) is 6.10 Å². The highest BCUT2D eigenvalue weighted by Crippen LogP contribution is 2.36. The molecule has 0 saturated carbocycles. The largest absolute Gasteiger partial charge is 0.454 e. The SMILES string of the molecule is C[OH+]C1C2=CN(C)C=CC2=CC2=C1OCO2. The van der Waals surface area contributed by atoms with E-state index in [9.17, 15) is 0 Å². The van der Waals surface area contributed by atoms with Crippen LogP contribution >= 0.6 is 0 Å². The van der Waals surface area contributed by atoms with E-state index in [2.05, 4.69) is 17.0 Å². The topological polar surface area (TPSA) is 34.5 Å². The maximum Gasteiger partial charge on any atom is 0.245 e. The van der Waals surface area contributed by atoms with Gasteiger partial charge >= 0.3 is 0 Å². The minimum atomic E-state index is -0.0371. The van der Waals surface area contributed by atoms with Gasteiger partial charge in [0.1, 0.15) is 7.11 Å². The van der Waals surface area contributed by atoms with Crippen molar-refractivity contribution in [3.05, 3.63) is 47.2 Å². The average molecular weight is 220 g/mol. The third-order valence-corrected chi connectivity index (χ3v) is 2.92. The Balaban J connectivity index is 2.08. The smallest absolute Gasteiger partial charge is 0.245 e. The van der Waals surface area contributed by atoms with Crippen LogP contribution in [0.4, 0.5) is 0 Å². The average Bonchev–Trinajstić information content (AvgIpc) is 2.73. The molecule has 2 aliphatic heterocycles. The van der Waals surface area contributed by atoms with Crippen LogP contribution in [0.5, 0.6) is 0 Å². The first-order valence-electron chi connectivity index (χ1n) is 5.22. The van der Waals surface area contributed by atoms with Crippen LogP contribution in [-0.4, -0.2) is 36.7 Å².